The van der Waals surface area contributed by atoms with Crippen LogP contribution < -0.4 is 5.32 Å². The molecule has 0 spiro atoms. The van der Waals surface area contributed by atoms with Crippen LogP contribution in [0.4, 0.5) is 0 Å². The highest BCUT2D eigenvalue weighted by Crippen LogP contribution is 2.14. The number of hydrogen-bond donors (Lipinski definition) is 1. The van der Waals surface area contributed by atoms with Gasteiger partial charge in [-0.1, -0.05) is 20.8 Å². The van der Waals surface area contributed by atoms with Gasteiger partial charge in [0.05, 0.1) is 5.69 Å². The second-order valence-electron chi connectivity index (χ2n) is 5.49. The Bertz CT molecular complexity index is 557. The van der Waals surface area contributed by atoms with Gasteiger partial charge in [-0.3, -0.25) is 0 Å². The topological polar surface area (TPSA) is 42.7 Å². The van der Waals surface area contributed by atoms with Crippen LogP contribution in [0.1, 0.15) is 50.1 Å². The lowest BCUT2D eigenvalue weighted by atomic mass is 10.1. The molecule has 0 radical (unpaired) electrons. The minimum absolute atomic E-state index is 0.437. The van der Waals surface area contributed by atoms with Crippen LogP contribution >= 0.6 is 0 Å². The van der Waals surface area contributed by atoms with Crippen molar-refractivity contribution in [3.05, 3.63) is 41.3 Å². The maximum absolute atomic E-state index is 4.59. The van der Waals surface area contributed by atoms with Crippen LogP contribution in [0.5, 0.6) is 0 Å². The molecule has 1 N–H and O–H groups in total. The van der Waals surface area contributed by atoms with E-state index in [0.717, 1.165) is 36.7 Å². The number of nitrogens with zero attached hydrogens (tertiary/aromatic N) is 3. The molecule has 2 rings (SSSR count). The summed E-state index contributed by atoms with van der Waals surface area (Å²) in [4.78, 5) is 4.58. The van der Waals surface area contributed by atoms with Gasteiger partial charge in [-0.15, -0.1) is 0 Å². The summed E-state index contributed by atoms with van der Waals surface area (Å²) in [5.74, 6) is 1.33. The van der Waals surface area contributed by atoms with Crippen molar-refractivity contribution in [3.63, 3.8) is 0 Å². The first-order valence-electron chi connectivity index (χ1n) is 7.34. The second-order valence-corrected chi connectivity index (χ2v) is 5.49. The lowest BCUT2D eigenvalue weighted by Gasteiger charge is -2.08. The van der Waals surface area contributed by atoms with Crippen LogP contribution in [0.25, 0.3) is 5.82 Å². The highest BCUT2D eigenvalue weighted by Gasteiger charge is 2.07. The quantitative estimate of drug-likeness (QED) is 0.821. The van der Waals surface area contributed by atoms with Gasteiger partial charge in [-0.2, -0.15) is 5.10 Å². The Kier molecular flexibility index (Phi) is 4.90. The zero-order valence-corrected chi connectivity index (χ0v) is 12.8. The molecule has 0 aliphatic rings. The van der Waals surface area contributed by atoms with Gasteiger partial charge in [-0.05, 0) is 49.6 Å². The van der Waals surface area contributed by atoms with Gasteiger partial charge >= 0.3 is 0 Å². The molecular formula is C16H24N4. The van der Waals surface area contributed by atoms with Gasteiger partial charge in [-0.25, -0.2) is 9.67 Å². The van der Waals surface area contributed by atoms with Gasteiger partial charge in [0.15, 0.2) is 5.82 Å². The normalized spacial score (nSPS) is 11.2. The predicted molar refractivity (Wildman–Crippen MR) is 82.2 cm³/mol. The molecule has 0 fully saturated rings. The maximum Gasteiger partial charge on any atom is 0.153 e. The Balaban J connectivity index is 2.21. The smallest absolute Gasteiger partial charge is 0.153 e. The molecule has 4 heteroatoms. The Labute approximate surface area is 121 Å². The molecule has 0 atom stereocenters. The molecule has 0 aliphatic carbocycles. The van der Waals surface area contributed by atoms with E-state index in [0.29, 0.717) is 5.92 Å². The third-order valence-corrected chi connectivity index (χ3v) is 3.19. The standard InChI is InChI=1S/C16H24N4/c1-5-7-17-11-14-9-13(4)18-16(10-14)20-8-6-15(19-20)12(2)3/h6,8-10,12,17H,5,7,11H2,1-4H3. The van der Waals surface area contributed by atoms with E-state index in [9.17, 15) is 0 Å². The summed E-state index contributed by atoms with van der Waals surface area (Å²) < 4.78 is 1.87. The molecule has 0 aromatic carbocycles. The summed E-state index contributed by atoms with van der Waals surface area (Å²) in [5, 5.41) is 8.02. The average molecular weight is 272 g/mol. The Morgan fingerprint density at radius 1 is 1.30 bits per heavy atom. The van der Waals surface area contributed by atoms with Crippen molar-refractivity contribution in [2.24, 2.45) is 0 Å². The first kappa shape index (κ1) is 14.7. The van der Waals surface area contributed by atoms with Crippen molar-refractivity contribution < 1.29 is 0 Å². The van der Waals surface area contributed by atoms with Crippen LogP contribution in [0.3, 0.4) is 0 Å². The molecular weight excluding hydrogens is 248 g/mol. The second kappa shape index (κ2) is 6.66. The van der Waals surface area contributed by atoms with Crippen molar-refractivity contribution >= 4 is 0 Å². The van der Waals surface area contributed by atoms with Crippen LogP contribution in [0, 0.1) is 6.92 Å². The number of hydrogen-bond acceptors (Lipinski definition) is 3. The summed E-state index contributed by atoms with van der Waals surface area (Å²) in [6.45, 7) is 10.4. The Hall–Kier alpha value is -1.68. The zero-order valence-electron chi connectivity index (χ0n) is 12.8. The van der Waals surface area contributed by atoms with E-state index >= 15 is 0 Å². The molecule has 0 aliphatic heterocycles. The fourth-order valence-electron chi connectivity index (χ4n) is 2.12. The van der Waals surface area contributed by atoms with Gasteiger partial charge in [0.25, 0.3) is 0 Å². The van der Waals surface area contributed by atoms with E-state index in [2.05, 4.69) is 54.4 Å². The van der Waals surface area contributed by atoms with Crippen LogP contribution in [-0.2, 0) is 6.54 Å². The molecule has 0 saturated carbocycles. The highest BCUT2D eigenvalue weighted by molar-refractivity contribution is 5.30. The summed E-state index contributed by atoms with van der Waals surface area (Å²) in [7, 11) is 0. The molecule has 108 valence electrons. The molecule has 0 saturated heterocycles. The average Bonchev–Trinajstić information content (AvgIpc) is 2.88. The lowest BCUT2D eigenvalue weighted by molar-refractivity contribution is 0.672. The largest absolute Gasteiger partial charge is 0.313 e. The molecule has 0 bridgehead atoms. The van der Waals surface area contributed by atoms with Crippen molar-refractivity contribution in [1.82, 2.24) is 20.1 Å². The number of aryl methyl sites for hydroxylation is 1. The number of pyridine rings is 1. The minimum atomic E-state index is 0.437. The molecule has 0 amide bonds. The Morgan fingerprint density at radius 2 is 2.10 bits per heavy atom. The van der Waals surface area contributed by atoms with Crippen LogP contribution in [-0.4, -0.2) is 21.3 Å². The van der Waals surface area contributed by atoms with Gasteiger partial charge in [0, 0.05) is 18.4 Å². The number of nitrogens with one attached hydrogen (secondary N) is 1. The van der Waals surface area contributed by atoms with Gasteiger partial charge in [0.1, 0.15) is 0 Å². The van der Waals surface area contributed by atoms with Gasteiger partial charge < -0.3 is 5.32 Å². The molecule has 2 aromatic heterocycles. The molecule has 2 heterocycles. The number of aromatic nitrogens is 3. The predicted octanol–water partition coefficient (Wildman–Crippen LogP) is 3.20. The van der Waals surface area contributed by atoms with Crippen molar-refractivity contribution in [2.75, 3.05) is 6.54 Å². The van der Waals surface area contributed by atoms with Crippen molar-refractivity contribution in [2.45, 2.75) is 46.6 Å². The summed E-state index contributed by atoms with van der Waals surface area (Å²) >= 11 is 0. The first-order valence-corrected chi connectivity index (χ1v) is 7.34. The first-order chi connectivity index (χ1) is 9.60. The van der Waals surface area contributed by atoms with Gasteiger partial charge in [0.2, 0.25) is 0 Å². The third-order valence-electron chi connectivity index (χ3n) is 3.19. The molecule has 2 aromatic rings. The summed E-state index contributed by atoms with van der Waals surface area (Å²) in [5.41, 5.74) is 3.37. The summed E-state index contributed by atoms with van der Waals surface area (Å²) in [6, 6.07) is 6.29. The zero-order chi connectivity index (χ0) is 14.5. The van der Waals surface area contributed by atoms with E-state index < -0.39 is 0 Å². The van der Waals surface area contributed by atoms with Crippen molar-refractivity contribution in [1.29, 1.82) is 0 Å². The maximum atomic E-state index is 4.59. The fraction of sp³-hybridized carbons (Fsp3) is 0.500. The molecule has 20 heavy (non-hydrogen) atoms. The number of rotatable bonds is 6. The van der Waals surface area contributed by atoms with E-state index in [1.54, 1.807) is 0 Å². The Morgan fingerprint density at radius 3 is 2.75 bits per heavy atom. The van der Waals surface area contributed by atoms with Crippen LogP contribution in [0.2, 0.25) is 0 Å². The monoisotopic (exact) mass is 272 g/mol. The van der Waals surface area contributed by atoms with Crippen molar-refractivity contribution in [3.8, 4) is 5.82 Å². The SMILES string of the molecule is CCCNCc1cc(C)nc(-n2ccc(C(C)C)n2)c1. The van der Waals surface area contributed by atoms with Crippen LogP contribution in [0.15, 0.2) is 24.4 Å². The molecule has 0 unspecified atom stereocenters. The van der Waals surface area contributed by atoms with E-state index in [4.69, 9.17) is 0 Å². The minimum Gasteiger partial charge on any atom is -0.313 e. The molecule has 4 nitrogen and oxygen atoms in total. The van der Waals surface area contributed by atoms with E-state index in [1.807, 2.05) is 17.8 Å². The van der Waals surface area contributed by atoms with E-state index in [1.165, 1.54) is 5.56 Å². The summed E-state index contributed by atoms with van der Waals surface area (Å²) in [6.07, 6.45) is 3.13. The lowest BCUT2D eigenvalue weighted by Crippen LogP contribution is -2.14. The third kappa shape index (κ3) is 3.67. The van der Waals surface area contributed by atoms with E-state index in [-0.39, 0.29) is 0 Å². The fourth-order valence-corrected chi connectivity index (χ4v) is 2.12. The highest BCUT2D eigenvalue weighted by atomic mass is 15.3.